The van der Waals surface area contributed by atoms with Gasteiger partial charge in [-0.05, 0) is 99.0 Å². The summed E-state index contributed by atoms with van der Waals surface area (Å²) < 4.78 is 19.9. The van der Waals surface area contributed by atoms with E-state index in [1.807, 2.05) is 40.7 Å². The molecule has 1 atom stereocenters. The van der Waals surface area contributed by atoms with Crippen LogP contribution in [0, 0.1) is 26.6 Å². The lowest BCUT2D eigenvalue weighted by Gasteiger charge is -2.35. The Bertz CT molecular complexity index is 1270. The van der Waals surface area contributed by atoms with Crippen molar-refractivity contribution in [3.63, 3.8) is 0 Å². The molecule has 3 aromatic carbocycles. The van der Waals surface area contributed by atoms with E-state index in [4.69, 9.17) is 4.74 Å². The lowest BCUT2D eigenvalue weighted by atomic mass is 9.80. The van der Waals surface area contributed by atoms with Gasteiger partial charge in [-0.1, -0.05) is 42.0 Å². The first-order valence-electron chi connectivity index (χ1n) is 12.5. The van der Waals surface area contributed by atoms with Gasteiger partial charge >= 0.3 is 5.97 Å². The number of carboxylic acids is 1. The van der Waals surface area contributed by atoms with Crippen LogP contribution in [0.2, 0.25) is 0 Å². The fraction of sp³-hybridized carbons (Fsp3) is 0.387. The molecule has 0 amide bonds. The molecule has 1 aliphatic rings. The highest BCUT2D eigenvalue weighted by Gasteiger charge is 2.34. The molecular formula is C31H36FNO3. The van der Waals surface area contributed by atoms with Crippen molar-refractivity contribution >= 4 is 5.97 Å². The fourth-order valence-corrected chi connectivity index (χ4v) is 5.32. The average molecular weight is 490 g/mol. The fourth-order valence-electron chi connectivity index (χ4n) is 5.32. The van der Waals surface area contributed by atoms with Crippen LogP contribution in [0.3, 0.4) is 0 Å². The number of hydrogen-bond donors (Lipinski definition) is 1. The summed E-state index contributed by atoms with van der Waals surface area (Å²) in [5, 5.41) is 10.3. The molecule has 0 aliphatic carbocycles. The molecule has 0 saturated carbocycles. The van der Waals surface area contributed by atoms with E-state index in [1.54, 1.807) is 12.1 Å². The van der Waals surface area contributed by atoms with Gasteiger partial charge in [-0.15, -0.1) is 0 Å². The Hall–Kier alpha value is -3.02. The number of halogens is 1. The van der Waals surface area contributed by atoms with Crippen molar-refractivity contribution in [2.24, 2.45) is 0 Å². The predicted molar refractivity (Wildman–Crippen MR) is 142 cm³/mol. The maximum atomic E-state index is 13.8. The van der Waals surface area contributed by atoms with E-state index in [9.17, 15) is 14.3 Å². The maximum Gasteiger partial charge on any atom is 0.337 e. The maximum absolute atomic E-state index is 13.8. The van der Waals surface area contributed by atoms with Crippen molar-refractivity contribution in [3.8, 4) is 11.1 Å². The van der Waals surface area contributed by atoms with Gasteiger partial charge in [0.15, 0.2) is 6.10 Å². The summed E-state index contributed by atoms with van der Waals surface area (Å²) in [4.78, 5) is 14.9. The summed E-state index contributed by atoms with van der Waals surface area (Å²) in [7, 11) is 0. The van der Waals surface area contributed by atoms with Crippen LogP contribution in [-0.4, -0.2) is 28.1 Å². The van der Waals surface area contributed by atoms with Crippen LogP contribution in [0.5, 0.6) is 0 Å². The second-order valence-electron chi connectivity index (χ2n) is 10.9. The summed E-state index contributed by atoms with van der Waals surface area (Å²) in [6.45, 7) is 14.1. The van der Waals surface area contributed by atoms with Crippen LogP contribution in [0.15, 0.2) is 48.5 Å². The second kappa shape index (κ2) is 10.2. The molecule has 3 aromatic rings. The SMILES string of the molecule is Cc1ccc(-c2c(C)c3c(c(C)c2[C@H](OC(C)(C)C)C(=O)O)CCN(Cc2cccc(F)c2)C3)cc1. The third-order valence-electron chi connectivity index (χ3n) is 6.97. The zero-order valence-electron chi connectivity index (χ0n) is 22.1. The first-order chi connectivity index (χ1) is 16.9. The first kappa shape index (κ1) is 26.1. The van der Waals surface area contributed by atoms with Crippen LogP contribution in [0.25, 0.3) is 11.1 Å². The molecule has 4 nitrogen and oxygen atoms in total. The van der Waals surface area contributed by atoms with Crippen LogP contribution < -0.4 is 0 Å². The molecule has 0 fully saturated rings. The molecule has 0 bridgehead atoms. The molecular weight excluding hydrogens is 453 g/mol. The van der Waals surface area contributed by atoms with Crippen molar-refractivity contribution in [2.45, 2.75) is 72.8 Å². The van der Waals surface area contributed by atoms with Gasteiger partial charge in [-0.3, -0.25) is 4.90 Å². The summed E-state index contributed by atoms with van der Waals surface area (Å²) >= 11 is 0. The molecule has 0 saturated heterocycles. The number of rotatable bonds is 6. The molecule has 0 radical (unpaired) electrons. The molecule has 0 unspecified atom stereocenters. The summed E-state index contributed by atoms with van der Waals surface area (Å²) in [5.74, 6) is -1.20. The number of aliphatic carboxylic acids is 1. The topological polar surface area (TPSA) is 49.8 Å². The van der Waals surface area contributed by atoms with Crippen molar-refractivity contribution in [1.29, 1.82) is 0 Å². The zero-order valence-corrected chi connectivity index (χ0v) is 22.1. The van der Waals surface area contributed by atoms with Gasteiger partial charge in [0, 0.05) is 25.2 Å². The van der Waals surface area contributed by atoms with E-state index in [-0.39, 0.29) is 5.82 Å². The molecule has 1 N–H and O–H groups in total. The average Bonchev–Trinajstić information content (AvgIpc) is 2.80. The quantitative estimate of drug-likeness (QED) is 0.408. The van der Waals surface area contributed by atoms with Gasteiger partial charge in [0.1, 0.15) is 5.82 Å². The number of hydrogen-bond acceptors (Lipinski definition) is 3. The Kier molecular flexibility index (Phi) is 7.35. The monoisotopic (exact) mass is 489 g/mol. The second-order valence-corrected chi connectivity index (χ2v) is 10.9. The van der Waals surface area contributed by atoms with Crippen molar-refractivity contribution in [1.82, 2.24) is 4.90 Å². The lowest BCUT2D eigenvalue weighted by Crippen LogP contribution is -2.33. The minimum absolute atomic E-state index is 0.221. The number of aryl methyl sites for hydroxylation is 1. The van der Waals surface area contributed by atoms with Gasteiger partial charge in [0.2, 0.25) is 0 Å². The van der Waals surface area contributed by atoms with Gasteiger partial charge in [-0.25, -0.2) is 9.18 Å². The van der Waals surface area contributed by atoms with Crippen LogP contribution in [-0.2, 0) is 29.0 Å². The predicted octanol–water partition coefficient (Wildman–Crippen LogP) is 6.92. The van der Waals surface area contributed by atoms with E-state index in [0.717, 1.165) is 58.5 Å². The smallest absolute Gasteiger partial charge is 0.337 e. The third-order valence-corrected chi connectivity index (χ3v) is 6.97. The molecule has 36 heavy (non-hydrogen) atoms. The number of nitrogens with zero attached hydrogens (tertiary/aromatic N) is 1. The molecule has 1 aliphatic heterocycles. The molecule has 190 valence electrons. The molecule has 4 rings (SSSR count). The standard InChI is InChI=1S/C31H36FNO3/c1-19-10-12-23(13-11-19)27-21(3)26-18-33(17-22-8-7-9-24(32)16-22)15-14-25(26)20(2)28(27)29(30(34)35)36-31(4,5)6/h7-13,16,29H,14-15,17-18H2,1-6H3,(H,34,35)/t29-/m0/s1. The Morgan fingerprint density at radius 1 is 1.06 bits per heavy atom. The Morgan fingerprint density at radius 2 is 1.75 bits per heavy atom. The number of benzene rings is 3. The number of carboxylic acid groups (broad SMARTS) is 1. The number of fused-ring (bicyclic) bond motifs is 1. The van der Waals surface area contributed by atoms with E-state index in [1.165, 1.54) is 17.2 Å². The zero-order chi connectivity index (χ0) is 26.2. The van der Waals surface area contributed by atoms with Crippen LogP contribution in [0.4, 0.5) is 4.39 Å². The van der Waals surface area contributed by atoms with Gasteiger partial charge in [0.25, 0.3) is 0 Å². The van der Waals surface area contributed by atoms with E-state index >= 15 is 0 Å². The number of ether oxygens (including phenoxy) is 1. The van der Waals surface area contributed by atoms with Crippen molar-refractivity contribution < 1.29 is 19.0 Å². The van der Waals surface area contributed by atoms with Gasteiger partial charge in [-0.2, -0.15) is 0 Å². The Labute approximate surface area is 213 Å². The third kappa shape index (κ3) is 5.53. The number of carbonyl (C=O) groups is 1. The normalized spacial score (nSPS) is 15.0. The highest BCUT2D eigenvalue weighted by atomic mass is 19.1. The van der Waals surface area contributed by atoms with E-state index in [0.29, 0.717) is 6.54 Å². The van der Waals surface area contributed by atoms with Crippen molar-refractivity contribution in [2.75, 3.05) is 6.54 Å². The molecule has 0 spiro atoms. The summed E-state index contributed by atoms with van der Waals surface area (Å²) in [6.07, 6.45) is -0.268. The van der Waals surface area contributed by atoms with Crippen LogP contribution >= 0.6 is 0 Å². The largest absolute Gasteiger partial charge is 0.479 e. The molecule has 0 aromatic heterocycles. The highest BCUT2D eigenvalue weighted by molar-refractivity contribution is 5.84. The molecule has 5 heteroatoms. The van der Waals surface area contributed by atoms with Crippen molar-refractivity contribution in [3.05, 3.63) is 93.3 Å². The highest BCUT2D eigenvalue weighted by Crippen LogP contribution is 2.42. The minimum atomic E-state index is -1.07. The van der Waals surface area contributed by atoms with E-state index in [2.05, 4.69) is 36.1 Å². The Balaban J connectivity index is 1.86. The van der Waals surface area contributed by atoms with Gasteiger partial charge in [0.05, 0.1) is 5.60 Å². The molecule has 1 heterocycles. The van der Waals surface area contributed by atoms with Gasteiger partial charge < -0.3 is 9.84 Å². The minimum Gasteiger partial charge on any atom is -0.479 e. The van der Waals surface area contributed by atoms with Crippen LogP contribution in [0.1, 0.15) is 65.8 Å². The summed E-state index contributed by atoms with van der Waals surface area (Å²) in [5.41, 5.74) is 8.67. The first-order valence-corrected chi connectivity index (χ1v) is 12.5. The lowest BCUT2D eigenvalue weighted by molar-refractivity contribution is -0.160. The Morgan fingerprint density at radius 3 is 2.36 bits per heavy atom. The van der Waals surface area contributed by atoms with E-state index < -0.39 is 17.7 Å². The summed E-state index contributed by atoms with van der Waals surface area (Å²) in [6, 6.07) is 15.0.